The first kappa shape index (κ1) is 21.5. The number of hydrogen-bond donors (Lipinski definition) is 2. The molecule has 2 aromatic rings. The molecule has 1 aliphatic rings. The van der Waals surface area contributed by atoms with Gasteiger partial charge in [-0.15, -0.1) is 0 Å². The second kappa shape index (κ2) is 9.54. The number of nitriles is 1. The summed E-state index contributed by atoms with van der Waals surface area (Å²) in [6.07, 6.45) is -0.0406. The average Bonchev–Trinajstić information content (AvgIpc) is 2.88. The first-order valence-electron chi connectivity index (χ1n) is 9.61. The van der Waals surface area contributed by atoms with Gasteiger partial charge in [-0.1, -0.05) is 0 Å². The van der Waals surface area contributed by atoms with Crippen LogP contribution in [-0.4, -0.2) is 48.3 Å². The SMILES string of the molecule is CCOC(=O)CCN1CC(=O)Nc2ccc(C(=O)Nc3ccc(C#N)cc3)cc2C1=O. The van der Waals surface area contributed by atoms with E-state index in [1.165, 1.54) is 23.1 Å². The van der Waals surface area contributed by atoms with Crippen LogP contribution in [0.25, 0.3) is 0 Å². The maximum absolute atomic E-state index is 13.0. The highest BCUT2D eigenvalue weighted by atomic mass is 16.5. The van der Waals surface area contributed by atoms with Crippen molar-refractivity contribution >= 4 is 35.1 Å². The van der Waals surface area contributed by atoms with Crippen LogP contribution in [0.2, 0.25) is 0 Å². The Morgan fingerprint density at radius 1 is 1.19 bits per heavy atom. The molecule has 3 amide bonds. The molecule has 9 nitrogen and oxygen atoms in total. The minimum Gasteiger partial charge on any atom is -0.466 e. The van der Waals surface area contributed by atoms with Gasteiger partial charge in [-0.3, -0.25) is 19.2 Å². The first-order chi connectivity index (χ1) is 14.9. The summed E-state index contributed by atoms with van der Waals surface area (Å²) in [4.78, 5) is 50.6. The predicted octanol–water partition coefficient (Wildman–Crippen LogP) is 2.16. The summed E-state index contributed by atoms with van der Waals surface area (Å²) in [5.74, 6) is -1.78. The minimum atomic E-state index is -0.467. The lowest BCUT2D eigenvalue weighted by Crippen LogP contribution is -2.36. The molecule has 0 bridgehead atoms. The molecule has 0 spiro atoms. The van der Waals surface area contributed by atoms with Crippen molar-refractivity contribution < 1.29 is 23.9 Å². The molecular formula is C22H20N4O5. The number of carbonyl (C=O) groups excluding carboxylic acids is 4. The number of nitrogens with one attached hydrogen (secondary N) is 2. The molecule has 0 aromatic heterocycles. The van der Waals surface area contributed by atoms with Crippen molar-refractivity contribution in [3.8, 4) is 6.07 Å². The number of amides is 3. The summed E-state index contributed by atoms with van der Waals surface area (Å²) in [5.41, 5.74) is 1.63. The zero-order chi connectivity index (χ0) is 22.4. The highest BCUT2D eigenvalue weighted by Gasteiger charge is 2.27. The second-order valence-electron chi connectivity index (χ2n) is 6.73. The Morgan fingerprint density at radius 2 is 1.94 bits per heavy atom. The van der Waals surface area contributed by atoms with Crippen LogP contribution >= 0.6 is 0 Å². The minimum absolute atomic E-state index is 0.0200. The molecule has 1 aliphatic heterocycles. The molecule has 0 aliphatic carbocycles. The van der Waals surface area contributed by atoms with Crippen LogP contribution in [0, 0.1) is 11.3 Å². The van der Waals surface area contributed by atoms with Crippen LogP contribution in [0.3, 0.4) is 0 Å². The van der Waals surface area contributed by atoms with E-state index in [-0.39, 0.29) is 37.2 Å². The number of esters is 1. The monoisotopic (exact) mass is 420 g/mol. The van der Waals surface area contributed by atoms with Gasteiger partial charge in [-0.05, 0) is 49.4 Å². The van der Waals surface area contributed by atoms with Crippen molar-refractivity contribution in [3.63, 3.8) is 0 Å². The second-order valence-corrected chi connectivity index (χ2v) is 6.73. The van der Waals surface area contributed by atoms with Crippen molar-refractivity contribution in [1.29, 1.82) is 5.26 Å². The fourth-order valence-electron chi connectivity index (χ4n) is 3.05. The smallest absolute Gasteiger partial charge is 0.307 e. The molecule has 3 rings (SSSR count). The van der Waals surface area contributed by atoms with Crippen LogP contribution in [0.4, 0.5) is 11.4 Å². The third kappa shape index (κ3) is 5.25. The fourth-order valence-corrected chi connectivity index (χ4v) is 3.05. The Labute approximate surface area is 178 Å². The Balaban J connectivity index is 1.79. The Bertz CT molecular complexity index is 1070. The Morgan fingerprint density at radius 3 is 2.61 bits per heavy atom. The molecule has 0 fully saturated rings. The molecule has 0 saturated carbocycles. The summed E-state index contributed by atoms with van der Waals surface area (Å²) in [6, 6.07) is 12.7. The normalized spacial score (nSPS) is 12.8. The number of anilines is 2. The van der Waals surface area contributed by atoms with Gasteiger partial charge < -0.3 is 20.3 Å². The van der Waals surface area contributed by atoms with Crippen molar-refractivity contribution in [3.05, 3.63) is 59.2 Å². The maximum Gasteiger partial charge on any atom is 0.307 e. The Kier molecular flexibility index (Phi) is 6.62. The van der Waals surface area contributed by atoms with E-state index in [4.69, 9.17) is 10.00 Å². The number of fused-ring (bicyclic) bond motifs is 1. The molecule has 0 unspecified atom stereocenters. The van der Waals surface area contributed by atoms with Crippen LogP contribution in [0.15, 0.2) is 42.5 Å². The van der Waals surface area contributed by atoms with E-state index >= 15 is 0 Å². The number of hydrogen-bond acceptors (Lipinski definition) is 6. The zero-order valence-electron chi connectivity index (χ0n) is 16.8. The van der Waals surface area contributed by atoms with E-state index in [2.05, 4.69) is 10.6 Å². The largest absolute Gasteiger partial charge is 0.466 e. The first-order valence-corrected chi connectivity index (χ1v) is 9.61. The fraction of sp³-hybridized carbons (Fsp3) is 0.227. The molecular weight excluding hydrogens is 400 g/mol. The van der Waals surface area contributed by atoms with Gasteiger partial charge in [0.25, 0.3) is 11.8 Å². The topological polar surface area (TPSA) is 129 Å². The molecule has 2 N–H and O–H groups in total. The molecule has 1 heterocycles. The highest BCUT2D eigenvalue weighted by molar-refractivity contribution is 6.11. The van der Waals surface area contributed by atoms with Crippen LogP contribution in [0.1, 0.15) is 39.6 Å². The van der Waals surface area contributed by atoms with Gasteiger partial charge in [0.15, 0.2) is 0 Å². The predicted molar refractivity (Wildman–Crippen MR) is 111 cm³/mol. The molecule has 9 heteroatoms. The molecule has 0 radical (unpaired) electrons. The molecule has 0 saturated heterocycles. The van der Waals surface area contributed by atoms with E-state index in [0.29, 0.717) is 16.9 Å². The molecule has 158 valence electrons. The van der Waals surface area contributed by atoms with Gasteiger partial charge in [0.05, 0.1) is 35.9 Å². The summed E-state index contributed by atoms with van der Waals surface area (Å²) < 4.78 is 4.87. The van der Waals surface area contributed by atoms with Crippen LogP contribution in [-0.2, 0) is 14.3 Å². The lowest BCUT2D eigenvalue weighted by atomic mass is 10.1. The highest BCUT2D eigenvalue weighted by Crippen LogP contribution is 2.23. The van der Waals surface area contributed by atoms with Crippen LogP contribution in [0.5, 0.6) is 0 Å². The third-order valence-corrected chi connectivity index (χ3v) is 4.57. The van der Waals surface area contributed by atoms with E-state index < -0.39 is 23.7 Å². The Hall–Kier alpha value is -4.19. The number of benzene rings is 2. The summed E-state index contributed by atoms with van der Waals surface area (Å²) in [5, 5.41) is 14.2. The van der Waals surface area contributed by atoms with Crippen molar-refractivity contribution in [2.24, 2.45) is 0 Å². The number of ether oxygens (including phenoxy) is 1. The van der Waals surface area contributed by atoms with Crippen molar-refractivity contribution in [1.82, 2.24) is 4.90 Å². The molecule has 31 heavy (non-hydrogen) atoms. The van der Waals surface area contributed by atoms with E-state index in [1.54, 1.807) is 31.2 Å². The summed E-state index contributed by atoms with van der Waals surface area (Å²) in [6.45, 7) is 1.73. The summed E-state index contributed by atoms with van der Waals surface area (Å²) in [7, 11) is 0. The summed E-state index contributed by atoms with van der Waals surface area (Å²) >= 11 is 0. The van der Waals surface area contributed by atoms with E-state index in [9.17, 15) is 19.2 Å². The van der Waals surface area contributed by atoms with Gasteiger partial charge in [-0.25, -0.2) is 0 Å². The van der Waals surface area contributed by atoms with Gasteiger partial charge in [0.2, 0.25) is 5.91 Å². The molecule has 0 atom stereocenters. The number of nitrogens with zero attached hydrogens (tertiary/aromatic N) is 2. The van der Waals surface area contributed by atoms with Gasteiger partial charge in [0.1, 0.15) is 6.54 Å². The zero-order valence-corrected chi connectivity index (χ0v) is 16.8. The van der Waals surface area contributed by atoms with Crippen molar-refractivity contribution in [2.75, 3.05) is 30.3 Å². The van der Waals surface area contributed by atoms with Crippen molar-refractivity contribution in [2.45, 2.75) is 13.3 Å². The number of rotatable bonds is 6. The van der Waals surface area contributed by atoms with Crippen LogP contribution < -0.4 is 10.6 Å². The van der Waals surface area contributed by atoms with E-state index in [0.717, 1.165) is 0 Å². The lowest BCUT2D eigenvalue weighted by molar-refractivity contribution is -0.143. The standard InChI is InChI=1S/C22H20N4O5/c1-2-31-20(28)9-10-26-13-19(27)25-18-8-5-15(11-17(18)22(26)30)21(29)24-16-6-3-14(12-23)4-7-16/h3-8,11H,2,9-10,13H2,1H3,(H,24,29)(H,25,27). The molecule has 2 aromatic carbocycles. The van der Waals surface area contributed by atoms with Gasteiger partial charge >= 0.3 is 5.97 Å². The van der Waals surface area contributed by atoms with Gasteiger partial charge in [-0.2, -0.15) is 5.26 Å². The maximum atomic E-state index is 13.0. The third-order valence-electron chi connectivity index (χ3n) is 4.57. The van der Waals surface area contributed by atoms with Gasteiger partial charge in [0, 0.05) is 17.8 Å². The average molecular weight is 420 g/mol. The number of carbonyl (C=O) groups is 4. The quantitative estimate of drug-likeness (QED) is 0.689. The lowest BCUT2D eigenvalue weighted by Gasteiger charge is -2.19. The van der Waals surface area contributed by atoms with E-state index in [1.807, 2.05) is 6.07 Å².